The van der Waals surface area contributed by atoms with Crippen molar-refractivity contribution in [1.29, 1.82) is 0 Å². The van der Waals surface area contributed by atoms with Gasteiger partial charge in [0.05, 0.1) is 24.4 Å². The predicted molar refractivity (Wildman–Crippen MR) is 40.3 cm³/mol. The molecule has 1 aliphatic carbocycles. The van der Waals surface area contributed by atoms with Gasteiger partial charge in [0.15, 0.2) is 0 Å². The predicted octanol–water partition coefficient (Wildman–Crippen LogP) is 1.26. The Balaban J connectivity index is 1.71. The van der Waals surface area contributed by atoms with Gasteiger partial charge in [0, 0.05) is 6.42 Å². The zero-order chi connectivity index (χ0) is 7.26. The first-order valence-corrected chi connectivity index (χ1v) is 4.39. The summed E-state index contributed by atoms with van der Waals surface area (Å²) in [6.07, 6.45) is 9.91. The molecule has 0 aromatic heterocycles. The van der Waals surface area contributed by atoms with Gasteiger partial charge in [-0.2, -0.15) is 0 Å². The first-order chi connectivity index (χ1) is 5.43. The zero-order valence-electron chi connectivity index (χ0n) is 6.40. The topological polar surface area (TPSA) is 25.1 Å². The molecule has 2 heteroatoms. The van der Waals surface area contributed by atoms with Crippen molar-refractivity contribution in [2.24, 2.45) is 0 Å². The molecule has 0 amide bonds. The van der Waals surface area contributed by atoms with Crippen molar-refractivity contribution in [1.82, 2.24) is 0 Å². The van der Waals surface area contributed by atoms with Crippen LogP contribution in [0, 0.1) is 0 Å². The highest BCUT2D eigenvalue weighted by atomic mass is 16.6. The van der Waals surface area contributed by atoms with E-state index >= 15 is 0 Å². The Labute approximate surface area is 66.2 Å². The van der Waals surface area contributed by atoms with Crippen LogP contribution in [0.1, 0.15) is 19.3 Å². The van der Waals surface area contributed by atoms with Crippen LogP contribution in [-0.2, 0) is 9.47 Å². The fraction of sp³-hybridized carbons (Fsp3) is 0.778. The van der Waals surface area contributed by atoms with Crippen molar-refractivity contribution in [3.05, 3.63) is 12.2 Å². The second-order valence-electron chi connectivity index (χ2n) is 3.60. The quantitative estimate of drug-likeness (QED) is 0.385. The fourth-order valence-electron chi connectivity index (χ4n) is 1.88. The van der Waals surface area contributed by atoms with Crippen LogP contribution in [0.2, 0.25) is 0 Å². The second kappa shape index (κ2) is 2.08. The summed E-state index contributed by atoms with van der Waals surface area (Å²) in [5, 5.41) is 0. The molecule has 0 bridgehead atoms. The lowest BCUT2D eigenvalue weighted by molar-refractivity contribution is 0.325. The van der Waals surface area contributed by atoms with E-state index in [0.717, 1.165) is 19.3 Å². The molecule has 2 saturated heterocycles. The number of ether oxygens (including phenoxy) is 2. The minimum absolute atomic E-state index is 0.521. The van der Waals surface area contributed by atoms with Crippen molar-refractivity contribution in [3.63, 3.8) is 0 Å². The molecule has 0 aromatic carbocycles. The monoisotopic (exact) mass is 152 g/mol. The molecule has 3 rings (SSSR count). The highest BCUT2D eigenvalue weighted by Gasteiger charge is 2.47. The van der Waals surface area contributed by atoms with Gasteiger partial charge in [0.2, 0.25) is 0 Å². The molecule has 4 atom stereocenters. The number of rotatable bonds is 0. The van der Waals surface area contributed by atoms with Crippen LogP contribution in [0.15, 0.2) is 12.2 Å². The van der Waals surface area contributed by atoms with Crippen LogP contribution in [-0.4, -0.2) is 24.4 Å². The summed E-state index contributed by atoms with van der Waals surface area (Å²) in [6.45, 7) is 0. The second-order valence-corrected chi connectivity index (χ2v) is 3.60. The highest BCUT2D eigenvalue weighted by molar-refractivity contribution is 5.03. The first kappa shape index (κ1) is 6.21. The summed E-state index contributed by atoms with van der Waals surface area (Å²) in [6, 6.07) is 0. The van der Waals surface area contributed by atoms with Gasteiger partial charge in [-0.3, -0.25) is 0 Å². The third kappa shape index (κ3) is 1.10. The first-order valence-electron chi connectivity index (χ1n) is 4.39. The maximum Gasteiger partial charge on any atom is 0.0877 e. The van der Waals surface area contributed by atoms with Gasteiger partial charge in [-0.15, -0.1) is 0 Å². The van der Waals surface area contributed by atoms with Crippen LogP contribution in [0.4, 0.5) is 0 Å². The van der Waals surface area contributed by atoms with Gasteiger partial charge >= 0.3 is 0 Å². The lowest BCUT2D eigenvalue weighted by atomic mass is 10.1. The van der Waals surface area contributed by atoms with Crippen molar-refractivity contribution in [3.8, 4) is 0 Å². The van der Waals surface area contributed by atoms with Crippen molar-refractivity contribution < 1.29 is 9.47 Å². The summed E-state index contributed by atoms with van der Waals surface area (Å²) >= 11 is 0. The average molecular weight is 152 g/mol. The molecule has 0 radical (unpaired) electrons. The Morgan fingerprint density at radius 1 is 0.818 bits per heavy atom. The third-order valence-electron chi connectivity index (χ3n) is 2.74. The van der Waals surface area contributed by atoms with Gasteiger partial charge in [-0.1, -0.05) is 12.2 Å². The average Bonchev–Trinajstić information content (AvgIpc) is 2.87. The summed E-state index contributed by atoms with van der Waals surface area (Å²) < 4.78 is 10.9. The Morgan fingerprint density at radius 3 is 1.91 bits per heavy atom. The highest BCUT2D eigenvalue weighted by Crippen LogP contribution is 2.39. The number of hydrogen-bond acceptors (Lipinski definition) is 2. The Morgan fingerprint density at radius 2 is 1.36 bits per heavy atom. The van der Waals surface area contributed by atoms with E-state index in [4.69, 9.17) is 9.47 Å². The molecule has 0 spiro atoms. The van der Waals surface area contributed by atoms with Crippen LogP contribution in [0.25, 0.3) is 0 Å². The van der Waals surface area contributed by atoms with E-state index in [2.05, 4.69) is 12.2 Å². The van der Waals surface area contributed by atoms with Crippen molar-refractivity contribution in [2.75, 3.05) is 0 Å². The molecule has 2 aliphatic heterocycles. The molecule has 0 saturated carbocycles. The molecule has 3 aliphatic rings. The molecule has 60 valence electrons. The minimum atomic E-state index is 0.521. The summed E-state index contributed by atoms with van der Waals surface area (Å²) in [5.41, 5.74) is 0. The smallest absolute Gasteiger partial charge is 0.0877 e. The fourth-order valence-corrected chi connectivity index (χ4v) is 1.88. The Hall–Kier alpha value is -0.340. The van der Waals surface area contributed by atoms with E-state index in [1.807, 2.05) is 0 Å². The van der Waals surface area contributed by atoms with Gasteiger partial charge in [-0.25, -0.2) is 0 Å². The Bertz CT molecular complexity index is 180. The molecular formula is C9H12O2. The van der Waals surface area contributed by atoms with Crippen LogP contribution < -0.4 is 0 Å². The number of hydrogen-bond donors (Lipinski definition) is 0. The molecule has 0 unspecified atom stereocenters. The lowest BCUT2D eigenvalue weighted by Crippen LogP contribution is -1.99. The van der Waals surface area contributed by atoms with E-state index in [1.165, 1.54) is 0 Å². The molecule has 0 N–H and O–H groups in total. The zero-order valence-corrected chi connectivity index (χ0v) is 6.40. The van der Waals surface area contributed by atoms with Crippen LogP contribution >= 0.6 is 0 Å². The van der Waals surface area contributed by atoms with Crippen LogP contribution in [0.5, 0.6) is 0 Å². The van der Waals surface area contributed by atoms with Crippen molar-refractivity contribution in [2.45, 2.75) is 43.7 Å². The van der Waals surface area contributed by atoms with Gasteiger partial charge in [0.25, 0.3) is 0 Å². The lowest BCUT2D eigenvalue weighted by Gasteiger charge is -1.85. The van der Waals surface area contributed by atoms with Gasteiger partial charge in [-0.05, 0) is 12.8 Å². The van der Waals surface area contributed by atoms with E-state index < -0.39 is 0 Å². The summed E-state index contributed by atoms with van der Waals surface area (Å²) in [4.78, 5) is 0. The van der Waals surface area contributed by atoms with E-state index in [0.29, 0.717) is 24.4 Å². The summed E-state index contributed by atoms with van der Waals surface area (Å²) in [5.74, 6) is 0. The van der Waals surface area contributed by atoms with Crippen molar-refractivity contribution >= 4 is 0 Å². The van der Waals surface area contributed by atoms with E-state index in [-0.39, 0.29) is 0 Å². The minimum Gasteiger partial charge on any atom is -0.369 e. The maximum absolute atomic E-state index is 5.46. The van der Waals surface area contributed by atoms with Crippen LogP contribution in [0.3, 0.4) is 0 Å². The molecule has 2 fully saturated rings. The molecule has 0 aromatic rings. The molecular weight excluding hydrogens is 140 g/mol. The normalized spacial score (nSPS) is 53.1. The Kier molecular flexibility index (Phi) is 1.17. The maximum atomic E-state index is 5.46. The number of epoxide rings is 2. The van der Waals surface area contributed by atoms with E-state index in [9.17, 15) is 0 Å². The van der Waals surface area contributed by atoms with Gasteiger partial charge in [0.1, 0.15) is 0 Å². The SMILES string of the molecule is C1=CC[C@H]2O[C@@H]2C[C@H]2O[C@H]2C1. The standard InChI is InChI=1S/C9H12O2/c1-2-4-7-9(11-7)5-8-6(3-1)10-8/h1-2,6-9H,3-5H2/t6-,7+,8-,9-/m1/s1. The molecule has 2 heterocycles. The van der Waals surface area contributed by atoms with E-state index in [1.54, 1.807) is 0 Å². The third-order valence-corrected chi connectivity index (χ3v) is 2.74. The van der Waals surface area contributed by atoms with Gasteiger partial charge < -0.3 is 9.47 Å². The number of fused-ring (bicyclic) bond motifs is 2. The molecule has 11 heavy (non-hydrogen) atoms. The summed E-state index contributed by atoms with van der Waals surface area (Å²) in [7, 11) is 0. The molecule has 2 nitrogen and oxygen atoms in total. The largest absolute Gasteiger partial charge is 0.369 e.